The Balaban J connectivity index is 1.26. The van der Waals surface area contributed by atoms with Crippen LogP contribution in [0, 0.1) is 11.8 Å². The van der Waals surface area contributed by atoms with Gasteiger partial charge >= 0.3 is 0 Å². The molecule has 2 aliphatic rings. The van der Waals surface area contributed by atoms with E-state index in [4.69, 9.17) is 20.8 Å². The summed E-state index contributed by atoms with van der Waals surface area (Å²) < 4.78 is 11.1. The lowest BCUT2D eigenvalue weighted by atomic mass is 9.80. The highest BCUT2D eigenvalue weighted by atomic mass is 35.5. The van der Waals surface area contributed by atoms with Crippen molar-refractivity contribution in [3.63, 3.8) is 0 Å². The summed E-state index contributed by atoms with van der Waals surface area (Å²) in [6.45, 7) is 1.32. The van der Waals surface area contributed by atoms with Gasteiger partial charge in [0.05, 0.1) is 17.7 Å². The number of amides is 3. The van der Waals surface area contributed by atoms with E-state index in [1.165, 1.54) is 6.20 Å². The molecule has 2 fully saturated rings. The average Bonchev–Trinajstić information content (AvgIpc) is 3.55. The Bertz CT molecular complexity index is 1320. The number of carbonyl (C=O) groups excluding carboxylic acids is 3. The van der Waals surface area contributed by atoms with E-state index in [-0.39, 0.29) is 41.1 Å². The maximum atomic E-state index is 13.3. The lowest BCUT2D eigenvalue weighted by Crippen LogP contribution is -2.43. The van der Waals surface area contributed by atoms with Crippen LogP contribution >= 0.6 is 11.6 Å². The van der Waals surface area contributed by atoms with Crippen LogP contribution in [0.1, 0.15) is 49.1 Å². The summed E-state index contributed by atoms with van der Waals surface area (Å²) in [5.74, 6) is -0.760. The number of furan rings is 1. The minimum Gasteiger partial charge on any atom is -0.447 e. The number of methoxy groups -OCH3 is 1. The molecule has 0 aromatic carbocycles. The Morgan fingerprint density at radius 3 is 2.61 bits per heavy atom. The first kappa shape index (κ1) is 26.1. The number of likely N-dealkylation sites (tertiary alicyclic amines) is 1. The molecule has 200 valence electrons. The van der Waals surface area contributed by atoms with Crippen molar-refractivity contribution in [1.29, 1.82) is 0 Å². The van der Waals surface area contributed by atoms with Crippen LogP contribution < -0.4 is 10.6 Å². The molecule has 1 atom stereocenters. The number of fused-ring (bicyclic) bond motifs is 1. The number of nitrogens with zero attached hydrogens (tertiary/aromatic N) is 3. The van der Waals surface area contributed by atoms with Crippen molar-refractivity contribution >= 4 is 51.9 Å². The summed E-state index contributed by atoms with van der Waals surface area (Å²) >= 11 is 5.88. The van der Waals surface area contributed by atoms with Crippen LogP contribution in [0.25, 0.3) is 11.1 Å². The van der Waals surface area contributed by atoms with E-state index in [2.05, 4.69) is 20.6 Å². The predicted molar refractivity (Wildman–Crippen MR) is 142 cm³/mol. The number of anilines is 2. The number of rotatable bonds is 7. The Hall–Kier alpha value is -3.50. The minimum atomic E-state index is -0.571. The van der Waals surface area contributed by atoms with Crippen molar-refractivity contribution in [3.05, 3.63) is 47.4 Å². The molecule has 5 rings (SSSR count). The molecule has 3 aromatic heterocycles. The zero-order chi connectivity index (χ0) is 26.6. The van der Waals surface area contributed by atoms with Gasteiger partial charge in [-0.1, -0.05) is 11.6 Å². The number of nitrogens with one attached hydrogen (secondary N) is 2. The van der Waals surface area contributed by atoms with Gasteiger partial charge in [-0.3, -0.25) is 19.4 Å². The lowest BCUT2D eigenvalue weighted by molar-refractivity contribution is -0.139. The van der Waals surface area contributed by atoms with Crippen LogP contribution in [0.3, 0.4) is 0 Å². The monoisotopic (exact) mass is 539 g/mol. The van der Waals surface area contributed by atoms with Gasteiger partial charge in [-0.2, -0.15) is 0 Å². The molecule has 2 N–H and O–H groups in total. The fourth-order valence-electron chi connectivity index (χ4n) is 5.38. The molecule has 38 heavy (non-hydrogen) atoms. The Kier molecular flexibility index (Phi) is 7.90. The van der Waals surface area contributed by atoms with Gasteiger partial charge in [0, 0.05) is 37.9 Å². The first-order chi connectivity index (χ1) is 18.4. The maximum absolute atomic E-state index is 13.3. The van der Waals surface area contributed by atoms with Crippen molar-refractivity contribution in [2.24, 2.45) is 11.8 Å². The van der Waals surface area contributed by atoms with E-state index in [1.54, 1.807) is 37.6 Å². The minimum absolute atomic E-state index is 0.0640. The van der Waals surface area contributed by atoms with Crippen LogP contribution in [-0.4, -0.2) is 58.9 Å². The zero-order valence-corrected chi connectivity index (χ0v) is 21.9. The van der Waals surface area contributed by atoms with Crippen LogP contribution in [0.5, 0.6) is 0 Å². The van der Waals surface area contributed by atoms with Crippen molar-refractivity contribution in [2.75, 3.05) is 30.9 Å². The molecule has 1 aliphatic heterocycles. The normalized spacial score (nSPS) is 21.4. The maximum Gasteiger partial charge on any atom is 0.294 e. The fourth-order valence-corrected chi connectivity index (χ4v) is 5.49. The largest absolute Gasteiger partial charge is 0.447 e. The van der Waals surface area contributed by atoms with Crippen LogP contribution in [-0.2, 0) is 14.3 Å². The van der Waals surface area contributed by atoms with E-state index in [9.17, 15) is 14.4 Å². The molecule has 3 amide bonds. The third-order valence-corrected chi connectivity index (χ3v) is 7.56. The number of halogens is 1. The number of carbonyl (C=O) groups is 3. The second-order valence-corrected chi connectivity index (χ2v) is 10.2. The third-order valence-electron chi connectivity index (χ3n) is 7.34. The van der Waals surface area contributed by atoms with Gasteiger partial charge in [0.1, 0.15) is 17.0 Å². The number of ether oxygens (including phenoxy) is 1. The Labute approximate surface area is 225 Å². The van der Waals surface area contributed by atoms with Gasteiger partial charge in [0.25, 0.3) is 5.91 Å². The van der Waals surface area contributed by atoms with Crippen LogP contribution in [0.4, 0.5) is 11.5 Å². The number of hydrogen-bond acceptors (Lipinski definition) is 7. The van der Waals surface area contributed by atoms with Crippen LogP contribution in [0.2, 0.25) is 5.02 Å². The van der Waals surface area contributed by atoms with E-state index >= 15 is 0 Å². The van der Waals surface area contributed by atoms with Crippen molar-refractivity contribution in [3.8, 4) is 0 Å². The average molecular weight is 540 g/mol. The predicted octanol–water partition coefficient (Wildman–Crippen LogP) is 4.51. The molecule has 11 heteroatoms. The summed E-state index contributed by atoms with van der Waals surface area (Å²) in [6.07, 6.45) is 7.42. The molecule has 3 aromatic rings. The topological polar surface area (TPSA) is 127 Å². The number of hydrogen-bond donors (Lipinski definition) is 2. The smallest absolute Gasteiger partial charge is 0.294 e. The first-order valence-electron chi connectivity index (χ1n) is 12.8. The van der Waals surface area contributed by atoms with Gasteiger partial charge in [0.15, 0.2) is 5.58 Å². The molecule has 1 saturated carbocycles. The van der Waals surface area contributed by atoms with E-state index < -0.39 is 5.91 Å². The highest BCUT2D eigenvalue weighted by molar-refractivity contribution is 6.30. The first-order valence-corrected chi connectivity index (χ1v) is 13.2. The van der Waals surface area contributed by atoms with E-state index in [1.807, 2.05) is 4.90 Å². The Morgan fingerprint density at radius 2 is 1.87 bits per heavy atom. The lowest BCUT2D eigenvalue weighted by Gasteiger charge is -2.32. The standard InChI is InChI=1S/C27H30ClN5O5/c1-37-15-19-4-3-13-33(19)27(36)17-8-6-16(7-9-17)25(34)32-23-22-20(5-2-12-29-22)38-24(23)26(35)31-21-11-10-18(28)14-30-21/h2,5,10-12,14,16-17,19H,3-4,6-9,13,15H2,1H3,(H,32,34)(H,30,31,35)/t16-,17-,19?. The van der Waals surface area contributed by atoms with Gasteiger partial charge < -0.3 is 24.7 Å². The van der Waals surface area contributed by atoms with Crippen molar-refractivity contribution in [2.45, 2.75) is 44.6 Å². The summed E-state index contributed by atoms with van der Waals surface area (Å²) in [6, 6.07) is 6.69. The second kappa shape index (κ2) is 11.5. The van der Waals surface area contributed by atoms with Gasteiger partial charge in [-0.15, -0.1) is 0 Å². The second-order valence-electron chi connectivity index (χ2n) is 9.79. The third kappa shape index (κ3) is 5.51. The summed E-state index contributed by atoms with van der Waals surface area (Å²) in [7, 11) is 1.66. The molecular formula is C27H30ClN5O5. The van der Waals surface area contributed by atoms with E-state index in [0.29, 0.717) is 54.2 Å². The van der Waals surface area contributed by atoms with Crippen molar-refractivity contribution in [1.82, 2.24) is 14.9 Å². The summed E-state index contributed by atoms with van der Waals surface area (Å²) in [5, 5.41) is 6.00. The molecule has 0 spiro atoms. The number of aromatic nitrogens is 2. The molecule has 1 unspecified atom stereocenters. The van der Waals surface area contributed by atoms with Gasteiger partial charge in [-0.25, -0.2) is 4.98 Å². The van der Waals surface area contributed by atoms with Gasteiger partial charge in [-0.05, 0) is 62.8 Å². The highest BCUT2D eigenvalue weighted by Gasteiger charge is 2.37. The number of pyridine rings is 2. The molecule has 1 aliphatic carbocycles. The summed E-state index contributed by atoms with van der Waals surface area (Å²) in [5.41, 5.74) is 0.981. The van der Waals surface area contributed by atoms with Gasteiger partial charge in [0.2, 0.25) is 17.6 Å². The SMILES string of the molecule is COCC1CCCN1C(=O)[C@H]1CC[C@H](C(=O)Nc2c(C(=O)Nc3ccc(Cl)cn3)oc3cccnc23)CC1. The van der Waals surface area contributed by atoms with Crippen LogP contribution in [0.15, 0.2) is 41.1 Å². The van der Waals surface area contributed by atoms with Crippen molar-refractivity contribution < 1.29 is 23.5 Å². The molecule has 1 saturated heterocycles. The fraction of sp³-hybridized carbons (Fsp3) is 0.444. The molecule has 0 radical (unpaired) electrons. The van der Waals surface area contributed by atoms with E-state index in [0.717, 1.165) is 19.4 Å². The summed E-state index contributed by atoms with van der Waals surface area (Å²) in [4.78, 5) is 49.9. The molecule has 4 heterocycles. The molecular weight excluding hydrogens is 510 g/mol. The Morgan fingerprint density at radius 1 is 1.08 bits per heavy atom. The molecule has 0 bridgehead atoms. The quantitative estimate of drug-likeness (QED) is 0.452. The highest BCUT2D eigenvalue weighted by Crippen LogP contribution is 2.35. The zero-order valence-electron chi connectivity index (χ0n) is 21.1. The molecule has 10 nitrogen and oxygen atoms in total.